The lowest BCUT2D eigenvalue weighted by Gasteiger charge is -2.39. The van der Waals surface area contributed by atoms with Gasteiger partial charge in [-0.3, -0.25) is 4.79 Å². The summed E-state index contributed by atoms with van der Waals surface area (Å²) in [5.41, 5.74) is 3.95. The van der Waals surface area contributed by atoms with Crippen LogP contribution in [0.15, 0.2) is 0 Å². The van der Waals surface area contributed by atoms with Crippen molar-refractivity contribution in [3.63, 3.8) is 0 Å². The third kappa shape index (κ3) is 1.21. The van der Waals surface area contributed by atoms with Crippen molar-refractivity contribution in [1.82, 2.24) is 0 Å². The Morgan fingerprint density at radius 2 is 1.86 bits per heavy atom. The quantitative estimate of drug-likeness (QED) is 0.659. The van der Waals surface area contributed by atoms with Crippen LogP contribution in [0.1, 0.15) is 33.6 Å². The van der Waals surface area contributed by atoms with E-state index in [4.69, 9.17) is 5.73 Å². The van der Waals surface area contributed by atoms with Gasteiger partial charge in [0.2, 0.25) is 5.91 Å². The fourth-order valence-electron chi connectivity index (χ4n) is 2.35. The molecule has 4 heteroatoms. The number of aliphatic carboxylic acids is 1. The first-order valence-corrected chi connectivity index (χ1v) is 4.74. The van der Waals surface area contributed by atoms with Gasteiger partial charge >= 0.3 is 0 Å². The Kier molecular flexibility index (Phi) is 2.34. The lowest BCUT2D eigenvalue weighted by Crippen LogP contribution is -2.48. The molecule has 2 atom stereocenters. The average molecular weight is 198 g/mol. The number of carbonyl (C=O) groups is 2. The largest absolute Gasteiger partial charge is 0.550 e. The van der Waals surface area contributed by atoms with E-state index in [0.717, 1.165) is 0 Å². The molecule has 0 aromatic heterocycles. The van der Waals surface area contributed by atoms with E-state index in [-0.39, 0.29) is 0 Å². The molecule has 0 unspecified atom stereocenters. The van der Waals surface area contributed by atoms with E-state index in [1.165, 1.54) is 0 Å². The molecular formula is C10H16NO3-. The molecule has 1 amide bonds. The third-order valence-electron chi connectivity index (χ3n) is 4.05. The first kappa shape index (κ1) is 11.0. The van der Waals surface area contributed by atoms with Crippen LogP contribution in [0.3, 0.4) is 0 Å². The van der Waals surface area contributed by atoms with E-state index in [9.17, 15) is 14.7 Å². The van der Waals surface area contributed by atoms with E-state index in [1.54, 1.807) is 20.8 Å². The molecule has 0 radical (unpaired) electrons. The number of hydrogen-bond donors (Lipinski definition) is 1. The SMILES string of the molecule is CC1(C)[C@H](C(=O)[O-])CC[C@@]1(C)C(N)=O. The summed E-state index contributed by atoms with van der Waals surface area (Å²) in [6, 6.07) is 0. The number of rotatable bonds is 2. The van der Waals surface area contributed by atoms with Crippen molar-refractivity contribution in [1.29, 1.82) is 0 Å². The van der Waals surface area contributed by atoms with E-state index in [0.29, 0.717) is 12.8 Å². The number of hydrogen-bond acceptors (Lipinski definition) is 3. The first-order chi connectivity index (χ1) is 6.23. The Hall–Kier alpha value is -1.06. The van der Waals surface area contributed by atoms with Crippen molar-refractivity contribution >= 4 is 11.9 Å². The third-order valence-corrected chi connectivity index (χ3v) is 4.05. The summed E-state index contributed by atoms with van der Waals surface area (Å²) in [5.74, 6) is -2.09. The zero-order chi connectivity index (χ0) is 11.1. The van der Waals surface area contributed by atoms with Crippen LogP contribution in [0.25, 0.3) is 0 Å². The Bertz CT molecular complexity index is 285. The van der Waals surface area contributed by atoms with Crippen molar-refractivity contribution in [2.45, 2.75) is 33.6 Å². The fraction of sp³-hybridized carbons (Fsp3) is 0.800. The van der Waals surface area contributed by atoms with Gasteiger partial charge in [-0.2, -0.15) is 0 Å². The summed E-state index contributed by atoms with van der Waals surface area (Å²) in [5, 5.41) is 10.9. The van der Waals surface area contributed by atoms with Crippen molar-refractivity contribution in [2.75, 3.05) is 0 Å². The summed E-state index contributed by atoms with van der Waals surface area (Å²) in [7, 11) is 0. The molecule has 0 heterocycles. The van der Waals surface area contributed by atoms with Gasteiger partial charge in [0.05, 0.1) is 5.41 Å². The monoisotopic (exact) mass is 198 g/mol. The molecule has 1 aliphatic rings. The highest BCUT2D eigenvalue weighted by Gasteiger charge is 2.55. The Morgan fingerprint density at radius 3 is 2.07 bits per heavy atom. The van der Waals surface area contributed by atoms with Gasteiger partial charge in [0, 0.05) is 11.9 Å². The average Bonchev–Trinajstić information content (AvgIpc) is 2.24. The molecule has 0 saturated heterocycles. The van der Waals surface area contributed by atoms with Gasteiger partial charge in [-0.1, -0.05) is 20.8 Å². The molecule has 4 nitrogen and oxygen atoms in total. The second-order valence-electron chi connectivity index (χ2n) is 4.83. The Balaban J connectivity index is 3.08. The summed E-state index contributed by atoms with van der Waals surface area (Å²) >= 11 is 0. The maximum atomic E-state index is 11.3. The van der Waals surface area contributed by atoms with E-state index in [2.05, 4.69) is 0 Å². The van der Waals surface area contributed by atoms with Crippen molar-refractivity contribution in [2.24, 2.45) is 22.5 Å². The first-order valence-electron chi connectivity index (χ1n) is 4.74. The van der Waals surface area contributed by atoms with Crippen LogP contribution in [0.5, 0.6) is 0 Å². The summed E-state index contributed by atoms with van der Waals surface area (Å²) < 4.78 is 0. The minimum atomic E-state index is -1.08. The molecule has 0 aliphatic heterocycles. The number of primary amides is 1. The van der Waals surface area contributed by atoms with Gasteiger partial charge in [0.1, 0.15) is 0 Å². The lowest BCUT2D eigenvalue weighted by atomic mass is 9.65. The van der Waals surface area contributed by atoms with Crippen molar-refractivity contribution in [3.8, 4) is 0 Å². The van der Waals surface area contributed by atoms with Crippen LogP contribution in [0.4, 0.5) is 0 Å². The van der Waals surface area contributed by atoms with Gasteiger partial charge in [0.25, 0.3) is 0 Å². The number of nitrogens with two attached hydrogens (primary N) is 1. The zero-order valence-corrected chi connectivity index (χ0v) is 8.79. The zero-order valence-electron chi connectivity index (χ0n) is 8.79. The van der Waals surface area contributed by atoms with Crippen molar-refractivity contribution < 1.29 is 14.7 Å². The minimum absolute atomic E-state index is 0.425. The molecule has 0 aromatic carbocycles. The molecule has 14 heavy (non-hydrogen) atoms. The van der Waals surface area contributed by atoms with Crippen molar-refractivity contribution in [3.05, 3.63) is 0 Å². The summed E-state index contributed by atoms with van der Waals surface area (Å²) in [6.07, 6.45) is 0.989. The highest BCUT2D eigenvalue weighted by molar-refractivity contribution is 5.83. The van der Waals surface area contributed by atoms with Gasteiger partial charge in [-0.05, 0) is 18.3 Å². The molecule has 80 valence electrons. The Labute approximate surface area is 83.5 Å². The summed E-state index contributed by atoms with van der Waals surface area (Å²) in [6.45, 7) is 5.27. The number of carboxylic acid groups (broad SMARTS) is 1. The van der Waals surface area contributed by atoms with Gasteiger partial charge in [-0.25, -0.2) is 0 Å². The van der Waals surface area contributed by atoms with Gasteiger partial charge in [0.15, 0.2) is 0 Å². The van der Waals surface area contributed by atoms with E-state index < -0.39 is 28.6 Å². The van der Waals surface area contributed by atoms with E-state index in [1.807, 2.05) is 0 Å². The highest BCUT2D eigenvalue weighted by Crippen LogP contribution is 2.55. The topological polar surface area (TPSA) is 83.2 Å². The molecule has 1 rings (SSSR count). The molecule has 0 aromatic rings. The second-order valence-corrected chi connectivity index (χ2v) is 4.83. The number of amides is 1. The molecule has 0 bridgehead atoms. The predicted octanol–water partition coefficient (Wildman–Crippen LogP) is -0.336. The fourth-order valence-corrected chi connectivity index (χ4v) is 2.35. The predicted molar refractivity (Wildman–Crippen MR) is 48.8 cm³/mol. The van der Waals surface area contributed by atoms with Crippen LogP contribution in [0.2, 0.25) is 0 Å². The number of carbonyl (C=O) groups excluding carboxylic acids is 2. The Morgan fingerprint density at radius 1 is 1.36 bits per heavy atom. The lowest BCUT2D eigenvalue weighted by molar-refractivity contribution is -0.314. The number of carboxylic acids is 1. The van der Waals surface area contributed by atoms with Crippen LogP contribution >= 0.6 is 0 Å². The van der Waals surface area contributed by atoms with Crippen LogP contribution < -0.4 is 10.8 Å². The molecule has 1 saturated carbocycles. The molecule has 0 spiro atoms. The standard InChI is InChI=1S/C10H17NO3/c1-9(2)6(7(12)13)4-5-10(9,3)8(11)14/h6H,4-5H2,1-3H3,(H2,11,14)(H,12,13)/p-1/t6-,10-/m0/s1. The van der Waals surface area contributed by atoms with Crippen LogP contribution in [0, 0.1) is 16.7 Å². The minimum Gasteiger partial charge on any atom is -0.550 e. The van der Waals surface area contributed by atoms with Gasteiger partial charge in [-0.15, -0.1) is 0 Å². The second kappa shape index (κ2) is 2.97. The summed E-state index contributed by atoms with van der Waals surface area (Å²) in [4.78, 5) is 22.2. The van der Waals surface area contributed by atoms with E-state index >= 15 is 0 Å². The molecule has 2 N–H and O–H groups in total. The molecular weight excluding hydrogens is 182 g/mol. The normalized spacial score (nSPS) is 35.5. The molecule has 1 fully saturated rings. The van der Waals surface area contributed by atoms with Crippen LogP contribution in [-0.2, 0) is 9.59 Å². The smallest absolute Gasteiger partial charge is 0.223 e. The maximum Gasteiger partial charge on any atom is 0.223 e. The molecule has 1 aliphatic carbocycles. The highest BCUT2D eigenvalue weighted by atomic mass is 16.4. The van der Waals surface area contributed by atoms with Crippen LogP contribution in [-0.4, -0.2) is 11.9 Å². The van der Waals surface area contributed by atoms with Gasteiger partial charge < -0.3 is 15.6 Å². The maximum absolute atomic E-state index is 11.3.